The number of ether oxygens (including phenoxy) is 1. The van der Waals surface area contributed by atoms with Crippen LogP contribution in [0.4, 0.5) is 8.78 Å². The quantitative estimate of drug-likeness (QED) is 0.239. The normalized spacial score (nSPS) is 17.8. The van der Waals surface area contributed by atoms with Gasteiger partial charge >= 0.3 is 0 Å². The number of benzene rings is 3. The first-order valence-corrected chi connectivity index (χ1v) is 15.2. The van der Waals surface area contributed by atoms with Gasteiger partial charge in [0, 0.05) is 0 Å². The molecular formula is C36H46F2O. The molecule has 1 saturated carbocycles. The Kier molecular flexibility index (Phi) is 9.86. The SMILES string of the molecule is CCc1cc(-c2c(F)cc(-c3ccc(C4CCC(C)CC4)cc3)cc2F)ccc1OCCC(CC)(CC)CC. The van der Waals surface area contributed by atoms with Gasteiger partial charge in [0.2, 0.25) is 0 Å². The molecule has 210 valence electrons. The summed E-state index contributed by atoms with van der Waals surface area (Å²) >= 11 is 0. The predicted octanol–water partition coefficient (Wildman–Crippen LogP) is 11.1. The van der Waals surface area contributed by atoms with Gasteiger partial charge in [-0.05, 0) is 95.0 Å². The van der Waals surface area contributed by atoms with E-state index < -0.39 is 11.6 Å². The molecule has 0 radical (unpaired) electrons. The molecule has 1 fully saturated rings. The van der Waals surface area contributed by atoms with Crippen LogP contribution in [0.3, 0.4) is 0 Å². The van der Waals surface area contributed by atoms with E-state index in [4.69, 9.17) is 4.74 Å². The molecule has 0 saturated heterocycles. The zero-order valence-corrected chi connectivity index (χ0v) is 24.6. The standard InChI is InChI=1S/C36H46F2O/c1-6-26-22-30(18-19-34(26)39-21-20-36(7-2,8-3)9-4)35-32(37)23-31(24-33(35)38)29-16-14-28(15-17-29)27-12-10-25(5)11-13-27/h14-19,22-25,27H,6-13,20-21H2,1-5H3. The van der Waals surface area contributed by atoms with E-state index in [1.807, 2.05) is 31.2 Å². The molecule has 0 heterocycles. The van der Waals surface area contributed by atoms with Crippen molar-refractivity contribution in [1.82, 2.24) is 0 Å². The topological polar surface area (TPSA) is 9.23 Å². The molecule has 0 N–H and O–H groups in total. The summed E-state index contributed by atoms with van der Waals surface area (Å²) in [6, 6.07) is 16.7. The third-order valence-electron chi connectivity index (χ3n) is 9.64. The van der Waals surface area contributed by atoms with E-state index in [-0.39, 0.29) is 5.56 Å². The summed E-state index contributed by atoms with van der Waals surface area (Å²) in [5, 5.41) is 0. The van der Waals surface area contributed by atoms with E-state index in [0.717, 1.165) is 54.9 Å². The molecule has 0 bridgehead atoms. The van der Waals surface area contributed by atoms with Crippen molar-refractivity contribution in [2.24, 2.45) is 11.3 Å². The molecule has 0 aromatic heterocycles. The summed E-state index contributed by atoms with van der Waals surface area (Å²) < 4.78 is 37.0. The Bertz CT molecular complexity index is 1190. The maximum absolute atomic E-state index is 15.4. The Morgan fingerprint density at radius 1 is 0.744 bits per heavy atom. The average Bonchev–Trinajstić information content (AvgIpc) is 2.96. The summed E-state index contributed by atoms with van der Waals surface area (Å²) in [6.07, 6.45) is 10.1. The van der Waals surface area contributed by atoms with Gasteiger partial charge in [-0.15, -0.1) is 0 Å². The second-order valence-electron chi connectivity index (χ2n) is 11.7. The molecule has 3 heteroatoms. The molecule has 4 rings (SSSR count). The van der Waals surface area contributed by atoms with Gasteiger partial charge < -0.3 is 4.74 Å². The number of hydrogen-bond acceptors (Lipinski definition) is 1. The minimum Gasteiger partial charge on any atom is -0.493 e. The molecular weight excluding hydrogens is 486 g/mol. The highest BCUT2D eigenvalue weighted by Gasteiger charge is 2.24. The first-order valence-electron chi connectivity index (χ1n) is 15.2. The van der Waals surface area contributed by atoms with E-state index in [0.29, 0.717) is 29.1 Å². The van der Waals surface area contributed by atoms with Crippen LogP contribution in [0.15, 0.2) is 54.6 Å². The van der Waals surface area contributed by atoms with Gasteiger partial charge in [-0.1, -0.05) is 97.1 Å². The molecule has 0 spiro atoms. The van der Waals surface area contributed by atoms with Crippen LogP contribution in [-0.2, 0) is 6.42 Å². The fourth-order valence-corrected chi connectivity index (χ4v) is 6.37. The highest BCUT2D eigenvalue weighted by molar-refractivity contribution is 5.73. The third kappa shape index (κ3) is 6.73. The van der Waals surface area contributed by atoms with Crippen LogP contribution in [0.25, 0.3) is 22.3 Å². The number of aryl methyl sites for hydroxylation is 1. The Labute approximate surface area is 235 Å². The summed E-state index contributed by atoms with van der Waals surface area (Å²) in [5.41, 5.74) is 4.60. The van der Waals surface area contributed by atoms with Crippen LogP contribution in [0, 0.1) is 23.0 Å². The number of hydrogen-bond donors (Lipinski definition) is 0. The zero-order chi connectivity index (χ0) is 28.0. The Morgan fingerprint density at radius 3 is 1.90 bits per heavy atom. The molecule has 3 aromatic carbocycles. The van der Waals surface area contributed by atoms with Crippen LogP contribution >= 0.6 is 0 Å². The minimum absolute atomic E-state index is 0.0231. The molecule has 0 amide bonds. The van der Waals surface area contributed by atoms with Gasteiger partial charge in [0.25, 0.3) is 0 Å². The molecule has 1 aliphatic carbocycles. The fraction of sp³-hybridized carbons (Fsp3) is 0.500. The van der Waals surface area contributed by atoms with Gasteiger partial charge in [-0.3, -0.25) is 0 Å². The van der Waals surface area contributed by atoms with Gasteiger partial charge in [0.15, 0.2) is 0 Å². The van der Waals surface area contributed by atoms with Crippen molar-refractivity contribution >= 4 is 0 Å². The van der Waals surface area contributed by atoms with Crippen molar-refractivity contribution in [2.45, 2.75) is 98.3 Å². The monoisotopic (exact) mass is 532 g/mol. The van der Waals surface area contributed by atoms with Crippen LogP contribution < -0.4 is 4.74 Å². The first kappa shape index (κ1) is 29.3. The highest BCUT2D eigenvalue weighted by atomic mass is 19.1. The highest BCUT2D eigenvalue weighted by Crippen LogP contribution is 2.38. The number of rotatable bonds is 11. The van der Waals surface area contributed by atoms with E-state index in [9.17, 15) is 0 Å². The third-order valence-corrected chi connectivity index (χ3v) is 9.64. The lowest BCUT2D eigenvalue weighted by Gasteiger charge is -2.30. The first-order chi connectivity index (χ1) is 18.8. The maximum Gasteiger partial charge on any atom is 0.134 e. The van der Waals surface area contributed by atoms with Gasteiger partial charge in [0.05, 0.1) is 12.2 Å². The van der Waals surface area contributed by atoms with Crippen LogP contribution in [0.1, 0.15) is 103 Å². The fourth-order valence-electron chi connectivity index (χ4n) is 6.37. The van der Waals surface area contributed by atoms with E-state index >= 15 is 8.78 Å². The van der Waals surface area contributed by atoms with Gasteiger partial charge in [0.1, 0.15) is 17.4 Å². The molecule has 0 unspecified atom stereocenters. The molecule has 3 aromatic rings. The lowest BCUT2D eigenvalue weighted by molar-refractivity contribution is 0.173. The van der Waals surface area contributed by atoms with Crippen molar-refractivity contribution in [3.05, 3.63) is 77.4 Å². The second kappa shape index (κ2) is 13.1. The van der Waals surface area contributed by atoms with Crippen molar-refractivity contribution in [2.75, 3.05) is 6.61 Å². The summed E-state index contributed by atoms with van der Waals surface area (Å²) in [4.78, 5) is 0. The van der Waals surface area contributed by atoms with Crippen molar-refractivity contribution in [3.8, 4) is 28.0 Å². The average molecular weight is 533 g/mol. The van der Waals surface area contributed by atoms with Gasteiger partial charge in [-0.2, -0.15) is 0 Å². The van der Waals surface area contributed by atoms with Crippen molar-refractivity contribution < 1.29 is 13.5 Å². The Hall–Kier alpha value is -2.68. The lowest BCUT2D eigenvalue weighted by Crippen LogP contribution is -2.21. The molecule has 0 aliphatic heterocycles. The van der Waals surface area contributed by atoms with Crippen LogP contribution in [-0.4, -0.2) is 6.61 Å². The lowest BCUT2D eigenvalue weighted by atomic mass is 9.77. The van der Waals surface area contributed by atoms with Crippen LogP contribution in [0.5, 0.6) is 5.75 Å². The zero-order valence-electron chi connectivity index (χ0n) is 24.6. The maximum atomic E-state index is 15.4. The van der Waals surface area contributed by atoms with Crippen molar-refractivity contribution in [1.29, 1.82) is 0 Å². The van der Waals surface area contributed by atoms with Crippen LogP contribution in [0.2, 0.25) is 0 Å². The van der Waals surface area contributed by atoms with E-state index in [2.05, 4.69) is 39.8 Å². The summed E-state index contributed by atoms with van der Waals surface area (Å²) in [7, 11) is 0. The molecule has 39 heavy (non-hydrogen) atoms. The summed E-state index contributed by atoms with van der Waals surface area (Å²) in [6.45, 7) is 11.8. The smallest absolute Gasteiger partial charge is 0.134 e. The number of halogens is 2. The molecule has 1 nitrogen and oxygen atoms in total. The van der Waals surface area contributed by atoms with E-state index in [1.54, 1.807) is 6.07 Å². The van der Waals surface area contributed by atoms with E-state index in [1.165, 1.54) is 43.4 Å². The largest absolute Gasteiger partial charge is 0.493 e. The minimum atomic E-state index is -0.537. The Morgan fingerprint density at radius 2 is 1.33 bits per heavy atom. The molecule has 1 aliphatic rings. The second-order valence-corrected chi connectivity index (χ2v) is 11.7. The molecule has 0 atom stereocenters. The Balaban J connectivity index is 1.51. The summed E-state index contributed by atoms with van der Waals surface area (Å²) in [5.74, 6) is 1.14. The van der Waals surface area contributed by atoms with Crippen molar-refractivity contribution in [3.63, 3.8) is 0 Å². The predicted molar refractivity (Wildman–Crippen MR) is 160 cm³/mol. The van der Waals surface area contributed by atoms with Gasteiger partial charge in [-0.25, -0.2) is 8.78 Å².